The maximum atomic E-state index is 12.9. The summed E-state index contributed by atoms with van der Waals surface area (Å²) in [6, 6.07) is 13.3. The smallest absolute Gasteiger partial charge is 0.253 e. The van der Waals surface area contributed by atoms with E-state index < -0.39 is 0 Å². The number of nitrogens with one attached hydrogen (secondary N) is 1. The largest absolute Gasteiger partial charge is 0.351 e. The standard InChI is InChI=1S/C25H32N4O2/c1-19-9-10-22(24(30)26-13-18-28-14-5-6-15-28)23(27-19)20-11-16-29(17-12-20)25(31)21-7-3-2-4-8-21/h2-4,7-10,20H,5-6,11-18H2,1H3,(H,26,30). The Morgan fingerprint density at radius 1 is 1.00 bits per heavy atom. The molecule has 31 heavy (non-hydrogen) atoms. The SMILES string of the molecule is Cc1ccc(C(=O)NCCN2CCCC2)c(C2CCN(C(=O)c3ccccc3)CC2)n1. The number of nitrogens with zero attached hydrogens (tertiary/aromatic N) is 3. The van der Waals surface area contributed by atoms with Crippen molar-refractivity contribution >= 4 is 11.8 Å². The molecule has 6 nitrogen and oxygen atoms in total. The zero-order chi connectivity index (χ0) is 21.6. The number of hydrogen-bond acceptors (Lipinski definition) is 4. The molecule has 0 saturated carbocycles. The highest BCUT2D eigenvalue weighted by atomic mass is 16.2. The first-order chi connectivity index (χ1) is 15.1. The highest BCUT2D eigenvalue weighted by Crippen LogP contribution is 2.30. The molecule has 2 fully saturated rings. The lowest BCUT2D eigenvalue weighted by Gasteiger charge is -2.32. The van der Waals surface area contributed by atoms with Crippen LogP contribution in [0.4, 0.5) is 0 Å². The molecule has 0 unspecified atom stereocenters. The summed E-state index contributed by atoms with van der Waals surface area (Å²) in [5.74, 6) is 0.236. The van der Waals surface area contributed by atoms with Gasteiger partial charge < -0.3 is 15.1 Å². The van der Waals surface area contributed by atoms with Crippen LogP contribution in [-0.2, 0) is 0 Å². The van der Waals surface area contributed by atoms with Crippen molar-refractivity contribution in [1.82, 2.24) is 20.1 Å². The number of hydrogen-bond donors (Lipinski definition) is 1. The molecule has 2 aliphatic heterocycles. The molecule has 2 amide bonds. The molecule has 0 bridgehead atoms. The normalized spacial score (nSPS) is 17.6. The van der Waals surface area contributed by atoms with E-state index in [1.54, 1.807) is 0 Å². The fraction of sp³-hybridized carbons (Fsp3) is 0.480. The molecule has 2 saturated heterocycles. The van der Waals surface area contributed by atoms with Gasteiger partial charge in [-0.2, -0.15) is 0 Å². The van der Waals surface area contributed by atoms with E-state index in [-0.39, 0.29) is 17.7 Å². The van der Waals surface area contributed by atoms with Crippen LogP contribution in [0.1, 0.15) is 63.7 Å². The van der Waals surface area contributed by atoms with Crippen LogP contribution >= 0.6 is 0 Å². The Hall–Kier alpha value is -2.73. The van der Waals surface area contributed by atoms with Crippen molar-refractivity contribution in [2.75, 3.05) is 39.3 Å². The molecule has 1 aromatic heterocycles. The Labute approximate surface area is 184 Å². The summed E-state index contributed by atoms with van der Waals surface area (Å²) in [5, 5.41) is 3.09. The van der Waals surface area contributed by atoms with Gasteiger partial charge in [0.2, 0.25) is 0 Å². The quantitative estimate of drug-likeness (QED) is 0.779. The molecule has 2 aliphatic rings. The second kappa shape index (κ2) is 10.1. The van der Waals surface area contributed by atoms with Crippen LogP contribution < -0.4 is 5.32 Å². The number of rotatable bonds is 6. The Morgan fingerprint density at radius 3 is 2.42 bits per heavy atom. The Morgan fingerprint density at radius 2 is 1.71 bits per heavy atom. The lowest BCUT2D eigenvalue weighted by Crippen LogP contribution is -2.39. The summed E-state index contributed by atoms with van der Waals surface area (Å²) in [6.45, 7) is 7.16. The van der Waals surface area contributed by atoms with Crippen molar-refractivity contribution in [2.45, 2.75) is 38.5 Å². The number of carbonyl (C=O) groups excluding carboxylic acids is 2. The highest BCUT2D eigenvalue weighted by molar-refractivity contribution is 5.95. The van der Waals surface area contributed by atoms with Gasteiger partial charge in [-0.1, -0.05) is 18.2 Å². The second-order valence-electron chi connectivity index (χ2n) is 8.62. The summed E-state index contributed by atoms with van der Waals surface area (Å²) < 4.78 is 0. The molecule has 3 heterocycles. The fourth-order valence-corrected chi connectivity index (χ4v) is 4.63. The van der Waals surface area contributed by atoms with E-state index in [1.807, 2.05) is 54.3 Å². The molecule has 2 aromatic rings. The van der Waals surface area contributed by atoms with Crippen LogP contribution in [0.3, 0.4) is 0 Å². The topological polar surface area (TPSA) is 65.5 Å². The molecule has 1 aromatic carbocycles. The average molecular weight is 421 g/mol. The molecule has 1 N–H and O–H groups in total. The summed E-state index contributed by atoms with van der Waals surface area (Å²) in [7, 11) is 0. The average Bonchev–Trinajstić information content (AvgIpc) is 3.33. The summed E-state index contributed by atoms with van der Waals surface area (Å²) in [4.78, 5) is 34.7. The molecule has 164 valence electrons. The number of carbonyl (C=O) groups is 2. The zero-order valence-electron chi connectivity index (χ0n) is 18.3. The van der Waals surface area contributed by atoms with E-state index in [4.69, 9.17) is 4.98 Å². The molecule has 0 atom stereocenters. The van der Waals surface area contributed by atoms with Crippen LogP contribution in [-0.4, -0.2) is 65.9 Å². The maximum absolute atomic E-state index is 12.9. The number of pyridine rings is 1. The molecule has 0 spiro atoms. The van der Waals surface area contributed by atoms with Gasteiger partial charge in [-0.25, -0.2) is 0 Å². The molecule has 0 radical (unpaired) electrons. The van der Waals surface area contributed by atoms with Crippen LogP contribution in [0, 0.1) is 6.92 Å². The molecular weight excluding hydrogens is 388 g/mol. The number of amides is 2. The van der Waals surface area contributed by atoms with E-state index >= 15 is 0 Å². The lowest BCUT2D eigenvalue weighted by molar-refractivity contribution is 0.0710. The fourth-order valence-electron chi connectivity index (χ4n) is 4.63. The van der Waals surface area contributed by atoms with E-state index in [1.165, 1.54) is 12.8 Å². The van der Waals surface area contributed by atoms with Gasteiger partial charge in [0.15, 0.2) is 0 Å². The van der Waals surface area contributed by atoms with Crippen molar-refractivity contribution in [2.24, 2.45) is 0 Å². The summed E-state index contributed by atoms with van der Waals surface area (Å²) in [5.41, 5.74) is 3.21. The third-order valence-corrected chi connectivity index (χ3v) is 6.41. The minimum atomic E-state index is -0.0375. The maximum Gasteiger partial charge on any atom is 0.253 e. The lowest BCUT2D eigenvalue weighted by atomic mass is 9.89. The van der Waals surface area contributed by atoms with Crippen LogP contribution in [0.5, 0.6) is 0 Å². The van der Waals surface area contributed by atoms with Gasteiger partial charge in [0.1, 0.15) is 0 Å². The Balaban J connectivity index is 1.38. The predicted molar refractivity (Wildman–Crippen MR) is 121 cm³/mol. The van der Waals surface area contributed by atoms with Crippen molar-refractivity contribution in [3.63, 3.8) is 0 Å². The second-order valence-corrected chi connectivity index (χ2v) is 8.62. The van der Waals surface area contributed by atoms with Crippen molar-refractivity contribution in [3.8, 4) is 0 Å². The summed E-state index contributed by atoms with van der Waals surface area (Å²) in [6.07, 6.45) is 4.16. The highest BCUT2D eigenvalue weighted by Gasteiger charge is 2.28. The van der Waals surface area contributed by atoms with E-state index in [0.717, 1.165) is 49.4 Å². The van der Waals surface area contributed by atoms with Gasteiger partial charge in [0.05, 0.1) is 11.3 Å². The zero-order valence-corrected chi connectivity index (χ0v) is 18.3. The monoisotopic (exact) mass is 420 g/mol. The number of likely N-dealkylation sites (tertiary alicyclic amines) is 2. The van der Waals surface area contributed by atoms with Crippen molar-refractivity contribution < 1.29 is 9.59 Å². The van der Waals surface area contributed by atoms with Gasteiger partial charge in [0.25, 0.3) is 11.8 Å². The van der Waals surface area contributed by atoms with Gasteiger partial charge in [-0.15, -0.1) is 0 Å². The predicted octanol–water partition coefficient (Wildman–Crippen LogP) is 3.24. The number of piperidine rings is 1. The van der Waals surface area contributed by atoms with Crippen LogP contribution in [0.25, 0.3) is 0 Å². The van der Waals surface area contributed by atoms with Gasteiger partial charge >= 0.3 is 0 Å². The molecule has 4 rings (SSSR count). The third kappa shape index (κ3) is 5.31. The minimum Gasteiger partial charge on any atom is -0.351 e. The van der Waals surface area contributed by atoms with E-state index in [2.05, 4.69) is 10.2 Å². The first kappa shape index (κ1) is 21.5. The van der Waals surface area contributed by atoms with Crippen molar-refractivity contribution in [3.05, 3.63) is 65.0 Å². The molecule has 6 heteroatoms. The first-order valence-corrected chi connectivity index (χ1v) is 11.4. The molecular formula is C25H32N4O2. The number of aryl methyl sites for hydroxylation is 1. The number of aromatic nitrogens is 1. The Bertz CT molecular complexity index is 901. The third-order valence-electron chi connectivity index (χ3n) is 6.41. The van der Waals surface area contributed by atoms with E-state index in [0.29, 0.717) is 25.2 Å². The van der Waals surface area contributed by atoms with Crippen molar-refractivity contribution in [1.29, 1.82) is 0 Å². The first-order valence-electron chi connectivity index (χ1n) is 11.4. The van der Waals surface area contributed by atoms with Gasteiger partial charge in [-0.3, -0.25) is 14.6 Å². The minimum absolute atomic E-state index is 0.0375. The molecule has 0 aliphatic carbocycles. The van der Waals surface area contributed by atoms with E-state index in [9.17, 15) is 9.59 Å². The van der Waals surface area contributed by atoms with Gasteiger partial charge in [0, 0.05) is 43.4 Å². The van der Waals surface area contributed by atoms with Crippen LogP contribution in [0.2, 0.25) is 0 Å². The number of benzene rings is 1. The van der Waals surface area contributed by atoms with Crippen LogP contribution in [0.15, 0.2) is 42.5 Å². The Kier molecular flexibility index (Phi) is 6.97. The summed E-state index contributed by atoms with van der Waals surface area (Å²) >= 11 is 0. The van der Waals surface area contributed by atoms with Gasteiger partial charge in [-0.05, 0) is 70.0 Å².